The summed E-state index contributed by atoms with van der Waals surface area (Å²) in [6.07, 6.45) is 0. The lowest BCUT2D eigenvalue weighted by Gasteiger charge is -2.08. The van der Waals surface area contributed by atoms with Gasteiger partial charge >= 0.3 is 0 Å². The van der Waals surface area contributed by atoms with Gasteiger partial charge in [-0.25, -0.2) is 14.1 Å². The summed E-state index contributed by atoms with van der Waals surface area (Å²) in [5.74, 6) is -0.404. The maximum Gasteiger partial charge on any atom is 0.262 e. The van der Waals surface area contributed by atoms with Crippen molar-refractivity contribution in [2.45, 2.75) is 13.8 Å². The lowest BCUT2D eigenvalue weighted by atomic mass is 10.2. The number of benzene rings is 1. The molecular formula is C17H16BrFN4O2. The zero-order chi connectivity index (χ0) is 18.1. The molecule has 3 aromatic rings. The van der Waals surface area contributed by atoms with Gasteiger partial charge in [-0.3, -0.25) is 4.79 Å². The molecule has 0 spiro atoms. The molecule has 6 nitrogen and oxygen atoms in total. The first-order valence-corrected chi connectivity index (χ1v) is 8.33. The van der Waals surface area contributed by atoms with Crippen molar-refractivity contribution in [3.63, 3.8) is 0 Å². The van der Waals surface area contributed by atoms with E-state index < -0.39 is 0 Å². The number of nitrogens with zero attached hydrogens (tertiary/aromatic N) is 3. The number of halogens is 2. The van der Waals surface area contributed by atoms with Gasteiger partial charge in [0.1, 0.15) is 5.82 Å². The summed E-state index contributed by atoms with van der Waals surface area (Å²) in [6, 6.07) is 5.96. The van der Waals surface area contributed by atoms with Crippen LogP contribution in [0.1, 0.15) is 11.3 Å². The Labute approximate surface area is 152 Å². The molecule has 0 aliphatic carbocycles. The van der Waals surface area contributed by atoms with Crippen molar-refractivity contribution in [2.24, 2.45) is 7.05 Å². The molecule has 25 heavy (non-hydrogen) atoms. The molecular weight excluding hydrogens is 391 g/mol. The third-order valence-corrected chi connectivity index (χ3v) is 4.29. The van der Waals surface area contributed by atoms with E-state index in [1.165, 1.54) is 18.2 Å². The van der Waals surface area contributed by atoms with Gasteiger partial charge in [-0.2, -0.15) is 0 Å². The van der Waals surface area contributed by atoms with Crippen molar-refractivity contribution in [3.05, 3.63) is 45.8 Å². The molecule has 0 bridgehead atoms. The summed E-state index contributed by atoms with van der Waals surface area (Å²) in [7, 11) is 1.77. The minimum atomic E-state index is -0.389. The van der Waals surface area contributed by atoms with Gasteiger partial charge in [0.2, 0.25) is 5.88 Å². The molecule has 3 rings (SSSR count). The van der Waals surface area contributed by atoms with Gasteiger partial charge in [0, 0.05) is 17.2 Å². The van der Waals surface area contributed by atoms with E-state index in [4.69, 9.17) is 4.74 Å². The van der Waals surface area contributed by atoms with E-state index >= 15 is 0 Å². The standard InChI is InChI=1S/C17H16BrFN4O2/c1-9-6-10(2)20-16-15(9)17(22-23(16)3)25-8-14(24)21-13-5-4-11(19)7-12(13)18/h4-7H,8H2,1-3H3,(H,21,24). The van der Waals surface area contributed by atoms with Gasteiger partial charge in [-0.15, -0.1) is 5.10 Å². The first kappa shape index (κ1) is 17.3. The van der Waals surface area contributed by atoms with Crippen LogP contribution in [0.4, 0.5) is 10.1 Å². The smallest absolute Gasteiger partial charge is 0.262 e. The largest absolute Gasteiger partial charge is 0.466 e. The van der Waals surface area contributed by atoms with Crippen LogP contribution in [-0.4, -0.2) is 27.3 Å². The zero-order valence-electron chi connectivity index (χ0n) is 13.9. The normalized spacial score (nSPS) is 10.9. The van der Waals surface area contributed by atoms with Gasteiger partial charge < -0.3 is 10.1 Å². The molecule has 0 atom stereocenters. The second-order valence-corrected chi connectivity index (χ2v) is 6.52. The molecule has 0 fully saturated rings. The number of carbonyl (C=O) groups excluding carboxylic acids is 1. The van der Waals surface area contributed by atoms with Crippen molar-refractivity contribution in [1.82, 2.24) is 14.8 Å². The average molecular weight is 407 g/mol. The van der Waals surface area contributed by atoms with Crippen molar-refractivity contribution in [1.29, 1.82) is 0 Å². The number of anilines is 1. The number of aromatic nitrogens is 3. The fourth-order valence-corrected chi connectivity index (χ4v) is 3.01. The third kappa shape index (κ3) is 3.63. The summed E-state index contributed by atoms with van der Waals surface area (Å²) in [5.41, 5.74) is 3.04. The molecule has 0 saturated carbocycles. The Morgan fingerprint density at radius 1 is 1.36 bits per heavy atom. The lowest BCUT2D eigenvalue weighted by molar-refractivity contribution is -0.118. The number of nitrogens with one attached hydrogen (secondary N) is 1. The molecule has 130 valence electrons. The zero-order valence-corrected chi connectivity index (χ0v) is 15.5. The monoisotopic (exact) mass is 406 g/mol. The molecule has 1 N–H and O–H groups in total. The van der Waals surface area contributed by atoms with Gasteiger partial charge in [0.25, 0.3) is 5.91 Å². The maximum absolute atomic E-state index is 13.1. The second kappa shape index (κ2) is 6.79. The van der Waals surface area contributed by atoms with E-state index in [0.717, 1.165) is 16.6 Å². The van der Waals surface area contributed by atoms with Crippen molar-refractivity contribution < 1.29 is 13.9 Å². The van der Waals surface area contributed by atoms with Crippen molar-refractivity contribution in [2.75, 3.05) is 11.9 Å². The fraction of sp³-hybridized carbons (Fsp3) is 0.235. The highest BCUT2D eigenvalue weighted by Crippen LogP contribution is 2.27. The average Bonchev–Trinajstić information content (AvgIpc) is 2.84. The first-order valence-electron chi connectivity index (χ1n) is 7.54. The summed E-state index contributed by atoms with van der Waals surface area (Å²) < 4.78 is 20.8. The Bertz CT molecular complexity index is 971. The highest BCUT2D eigenvalue weighted by atomic mass is 79.9. The van der Waals surface area contributed by atoms with E-state index in [0.29, 0.717) is 21.7 Å². The SMILES string of the molecule is Cc1cc(C)c2c(OCC(=O)Nc3ccc(F)cc3Br)nn(C)c2n1. The summed E-state index contributed by atoms with van der Waals surface area (Å²) >= 11 is 3.20. The van der Waals surface area contributed by atoms with E-state index in [2.05, 4.69) is 31.3 Å². The quantitative estimate of drug-likeness (QED) is 0.719. The molecule has 0 saturated heterocycles. The maximum atomic E-state index is 13.1. The topological polar surface area (TPSA) is 69.0 Å². The van der Waals surface area contributed by atoms with E-state index in [-0.39, 0.29) is 18.3 Å². The molecule has 2 aromatic heterocycles. The van der Waals surface area contributed by atoms with Gasteiger partial charge in [0.05, 0.1) is 11.1 Å². The summed E-state index contributed by atoms with van der Waals surface area (Å²) in [6.45, 7) is 3.64. The van der Waals surface area contributed by atoms with E-state index in [1.54, 1.807) is 11.7 Å². The number of rotatable bonds is 4. The number of amides is 1. The van der Waals surface area contributed by atoms with E-state index in [9.17, 15) is 9.18 Å². The van der Waals surface area contributed by atoms with Crippen LogP contribution in [-0.2, 0) is 11.8 Å². The van der Waals surface area contributed by atoms with Gasteiger partial charge in [-0.05, 0) is 59.6 Å². The van der Waals surface area contributed by atoms with Crippen LogP contribution in [0.25, 0.3) is 11.0 Å². The Morgan fingerprint density at radius 3 is 2.84 bits per heavy atom. The molecule has 0 unspecified atom stereocenters. The highest BCUT2D eigenvalue weighted by molar-refractivity contribution is 9.10. The lowest BCUT2D eigenvalue weighted by Crippen LogP contribution is -2.20. The number of pyridine rings is 1. The number of hydrogen-bond acceptors (Lipinski definition) is 4. The van der Waals surface area contributed by atoms with Gasteiger partial charge in [0.15, 0.2) is 12.3 Å². The number of ether oxygens (including phenoxy) is 1. The Kier molecular flexibility index (Phi) is 4.71. The highest BCUT2D eigenvalue weighted by Gasteiger charge is 2.16. The van der Waals surface area contributed by atoms with Crippen LogP contribution >= 0.6 is 15.9 Å². The van der Waals surface area contributed by atoms with Crippen molar-refractivity contribution in [3.8, 4) is 5.88 Å². The molecule has 0 aliphatic rings. The number of carbonyl (C=O) groups is 1. The molecule has 1 aromatic carbocycles. The molecule has 8 heteroatoms. The predicted molar refractivity (Wildman–Crippen MR) is 96.2 cm³/mol. The number of hydrogen-bond donors (Lipinski definition) is 1. The molecule has 1 amide bonds. The Balaban J connectivity index is 1.75. The summed E-state index contributed by atoms with van der Waals surface area (Å²) in [5, 5.41) is 7.73. The first-order chi connectivity index (χ1) is 11.8. The fourth-order valence-electron chi connectivity index (χ4n) is 2.56. The Morgan fingerprint density at radius 2 is 2.12 bits per heavy atom. The minimum Gasteiger partial charge on any atom is -0.466 e. The number of fused-ring (bicyclic) bond motifs is 1. The summed E-state index contributed by atoms with van der Waals surface area (Å²) in [4.78, 5) is 16.6. The van der Waals surface area contributed by atoms with Crippen LogP contribution in [0.15, 0.2) is 28.7 Å². The van der Waals surface area contributed by atoms with Crippen LogP contribution in [0.5, 0.6) is 5.88 Å². The van der Waals surface area contributed by atoms with Crippen LogP contribution in [0.2, 0.25) is 0 Å². The predicted octanol–water partition coefficient (Wildman–Crippen LogP) is 3.50. The van der Waals surface area contributed by atoms with Crippen molar-refractivity contribution >= 4 is 38.6 Å². The van der Waals surface area contributed by atoms with Crippen LogP contribution in [0.3, 0.4) is 0 Å². The second-order valence-electron chi connectivity index (χ2n) is 5.67. The molecule has 0 aliphatic heterocycles. The Hall–Kier alpha value is -2.48. The minimum absolute atomic E-state index is 0.219. The van der Waals surface area contributed by atoms with E-state index in [1.807, 2.05) is 19.9 Å². The molecule has 2 heterocycles. The molecule has 0 radical (unpaired) electrons. The third-order valence-electron chi connectivity index (χ3n) is 3.63. The van der Waals surface area contributed by atoms with Crippen LogP contribution < -0.4 is 10.1 Å². The van der Waals surface area contributed by atoms with Crippen LogP contribution in [0, 0.1) is 19.7 Å². The number of aryl methyl sites for hydroxylation is 3. The van der Waals surface area contributed by atoms with Gasteiger partial charge in [-0.1, -0.05) is 0 Å².